The van der Waals surface area contributed by atoms with Gasteiger partial charge in [-0.2, -0.15) is 0 Å². The molecule has 1 saturated heterocycles. The number of likely N-dealkylation sites (tertiary alicyclic amines) is 1. The van der Waals surface area contributed by atoms with Crippen LogP contribution in [0.4, 0.5) is 0 Å². The summed E-state index contributed by atoms with van der Waals surface area (Å²) in [4.78, 5) is 26.7. The average Bonchev–Trinajstić information content (AvgIpc) is 2.46. The van der Waals surface area contributed by atoms with Crippen LogP contribution in [0, 0.1) is 0 Å². The molecule has 0 bridgehead atoms. The maximum absolute atomic E-state index is 12.5. The van der Waals surface area contributed by atoms with Crippen LogP contribution >= 0.6 is 0 Å². The predicted molar refractivity (Wildman–Crippen MR) is 89.6 cm³/mol. The van der Waals surface area contributed by atoms with Crippen molar-refractivity contribution < 1.29 is 9.59 Å². The fraction of sp³-hybridized carbons (Fsp3) is 0.882. The van der Waals surface area contributed by atoms with E-state index in [-0.39, 0.29) is 29.4 Å². The van der Waals surface area contributed by atoms with Crippen molar-refractivity contribution in [1.82, 2.24) is 15.5 Å². The zero-order valence-electron chi connectivity index (χ0n) is 15.0. The van der Waals surface area contributed by atoms with E-state index in [1.807, 2.05) is 11.8 Å². The van der Waals surface area contributed by atoms with Crippen molar-refractivity contribution in [1.29, 1.82) is 0 Å². The number of hydrogen-bond donors (Lipinski definition) is 2. The maximum Gasteiger partial charge on any atom is 0.245 e. The monoisotopic (exact) mass is 311 g/mol. The lowest BCUT2D eigenvalue weighted by atomic mass is 10.0. The fourth-order valence-electron chi connectivity index (χ4n) is 2.83. The Balaban J connectivity index is 2.54. The Kier molecular flexibility index (Phi) is 6.85. The zero-order valence-corrected chi connectivity index (χ0v) is 15.0. The molecule has 2 N–H and O–H groups in total. The summed E-state index contributed by atoms with van der Waals surface area (Å²) in [6.07, 6.45) is 4.22. The van der Waals surface area contributed by atoms with E-state index in [9.17, 15) is 9.59 Å². The Bertz CT molecular complexity index is 395. The molecule has 22 heavy (non-hydrogen) atoms. The lowest BCUT2D eigenvalue weighted by Crippen LogP contribution is -2.56. The minimum Gasteiger partial charge on any atom is -0.343 e. The van der Waals surface area contributed by atoms with E-state index in [0.29, 0.717) is 0 Å². The first-order valence-electron chi connectivity index (χ1n) is 8.56. The lowest BCUT2D eigenvalue weighted by Gasteiger charge is -2.35. The second kappa shape index (κ2) is 7.95. The molecule has 0 spiro atoms. The van der Waals surface area contributed by atoms with Crippen LogP contribution in [0.15, 0.2) is 0 Å². The van der Waals surface area contributed by atoms with Gasteiger partial charge in [0.2, 0.25) is 11.8 Å². The predicted octanol–water partition coefficient (Wildman–Crippen LogP) is 2.06. The molecule has 2 amide bonds. The Morgan fingerprint density at radius 2 is 1.86 bits per heavy atom. The number of rotatable bonds is 6. The molecule has 128 valence electrons. The summed E-state index contributed by atoms with van der Waals surface area (Å²) < 4.78 is 0. The molecule has 5 nitrogen and oxygen atoms in total. The van der Waals surface area contributed by atoms with Crippen LogP contribution in [0.1, 0.15) is 67.2 Å². The van der Waals surface area contributed by atoms with Crippen molar-refractivity contribution in [2.45, 2.75) is 90.9 Å². The number of carbonyl (C=O) groups excluding carboxylic acids is 2. The third-order valence-corrected chi connectivity index (χ3v) is 4.70. The summed E-state index contributed by atoms with van der Waals surface area (Å²) in [7, 11) is 0. The third-order valence-electron chi connectivity index (χ3n) is 4.70. The van der Waals surface area contributed by atoms with Gasteiger partial charge in [0.25, 0.3) is 0 Å². The molecule has 0 aliphatic carbocycles. The Morgan fingerprint density at radius 3 is 2.41 bits per heavy atom. The highest BCUT2D eigenvalue weighted by molar-refractivity contribution is 5.89. The van der Waals surface area contributed by atoms with Crippen LogP contribution in [-0.2, 0) is 9.59 Å². The maximum atomic E-state index is 12.5. The standard InChI is InChI=1S/C17H33N3O2/c1-7-17(5,6)19-13(3)15(21)18-14(4)16(22)20-11-9-8-10-12(20)2/h12-14,19H,7-11H2,1-6H3,(H,18,21)/t12-,13+,14+/m0/s1. The van der Waals surface area contributed by atoms with Gasteiger partial charge in [-0.3, -0.25) is 9.59 Å². The summed E-state index contributed by atoms with van der Waals surface area (Å²) in [6.45, 7) is 12.7. The minimum absolute atomic E-state index is 0.0301. The van der Waals surface area contributed by atoms with Gasteiger partial charge >= 0.3 is 0 Å². The normalized spacial score (nSPS) is 22.1. The molecule has 1 aliphatic rings. The van der Waals surface area contributed by atoms with Gasteiger partial charge in [0, 0.05) is 18.1 Å². The molecule has 1 fully saturated rings. The van der Waals surface area contributed by atoms with Crippen LogP contribution in [0.25, 0.3) is 0 Å². The highest BCUT2D eigenvalue weighted by atomic mass is 16.2. The van der Waals surface area contributed by atoms with Gasteiger partial charge < -0.3 is 15.5 Å². The largest absolute Gasteiger partial charge is 0.343 e. The van der Waals surface area contributed by atoms with Crippen molar-refractivity contribution in [2.24, 2.45) is 0 Å². The van der Waals surface area contributed by atoms with Crippen LogP contribution < -0.4 is 10.6 Å². The quantitative estimate of drug-likeness (QED) is 0.789. The van der Waals surface area contributed by atoms with Gasteiger partial charge in [0.1, 0.15) is 6.04 Å². The van der Waals surface area contributed by atoms with Crippen LogP contribution in [0.2, 0.25) is 0 Å². The highest BCUT2D eigenvalue weighted by Gasteiger charge is 2.29. The Morgan fingerprint density at radius 1 is 1.23 bits per heavy atom. The molecule has 0 aromatic rings. The molecule has 0 saturated carbocycles. The van der Waals surface area contributed by atoms with E-state index in [1.54, 1.807) is 6.92 Å². The van der Waals surface area contributed by atoms with Crippen molar-refractivity contribution in [3.8, 4) is 0 Å². The van der Waals surface area contributed by atoms with Crippen LogP contribution in [0.3, 0.4) is 0 Å². The Labute approximate surface area is 135 Å². The van der Waals surface area contributed by atoms with Crippen molar-refractivity contribution in [3.05, 3.63) is 0 Å². The van der Waals surface area contributed by atoms with Gasteiger partial charge in [0.15, 0.2) is 0 Å². The Hall–Kier alpha value is -1.10. The zero-order chi connectivity index (χ0) is 16.9. The molecule has 1 aliphatic heterocycles. The fourth-order valence-corrected chi connectivity index (χ4v) is 2.83. The van der Waals surface area contributed by atoms with Gasteiger partial charge in [-0.25, -0.2) is 0 Å². The number of carbonyl (C=O) groups is 2. The molecular formula is C17H33N3O2. The highest BCUT2D eigenvalue weighted by Crippen LogP contribution is 2.17. The van der Waals surface area contributed by atoms with Gasteiger partial charge in [-0.1, -0.05) is 6.92 Å². The molecule has 3 atom stereocenters. The molecular weight excluding hydrogens is 278 g/mol. The van der Waals surface area contributed by atoms with Crippen molar-refractivity contribution in [2.75, 3.05) is 6.54 Å². The second-order valence-electron chi connectivity index (χ2n) is 7.21. The molecule has 0 aromatic heterocycles. The van der Waals surface area contributed by atoms with E-state index in [2.05, 4.69) is 38.3 Å². The average molecular weight is 311 g/mol. The number of piperidine rings is 1. The topological polar surface area (TPSA) is 61.4 Å². The minimum atomic E-state index is -0.470. The second-order valence-corrected chi connectivity index (χ2v) is 7.21. The summed E-state index contributed by atoms with van der Waals surface area (Å²) in [6, 6.07) is -0.513. The van der Waals surface area contributed by atoms with E-state index in [1.165, 1.54) is 6.42 Å². The summed E-state index contributed by atoms with van der Waals surface area (Å²) >= 11 is 0. The summed E-state index contributed by atoms with van der Waals surface area (Å²) in [5.74, 6) is -0.0884. The molecule has 0 radical (unpaired) electrons. The van der Waals surface area contributed by atoms with Crippen LogP contribution in [-0.4, -0.2) is 46.9 Å². The summed E-state index contributed by atoms with van der Waals surface area (Å²) in [5.41, 5.74) is -0.0919. The van der Waals surface area contributed by atoms with E-state index in [0.717, 1.165) is 25.8 Å². The lowest BCUT2D eigenvalue weighted by molar-refractivity contribution is -0.139. The number of nitrogens with one attached hydrogen (secondary N) is 2. The van der Waals surface area contributed by atoms with E-state index in [4.69, 9.17) is 0 Å². The van der Waals surface area contributed by atoms with Gasteiger partial charge in [0.05, 0.1) is 6.04 Å². The van der Waals surface area contributed by atoms with Crippen LogP contribution in [0.5, 0.6) is 0 Å². The number of amides is 2. The molecule has 0 aromatic carbocycles. The molecule has 1 rings (SSSR count). The first-order chi connectivity index (χ1) is 10.2. The molecule has 1 heterocycles. The van der Waals surface area contributed by atoms with Crippen molar-refractivity contribution >= 4 is 11.8 Å². The van der Waals surface area contributed by atoms with Crippen molar-refractivity contribution in [3.63, 3.8) is 0 Å². The number of hydrogen-bond acceptors (Lipinski definition) is 3. The van der Waals surface area contributed by atoms with E-state index >= 15 is 0 Å². The van der Waals surface area contributed by atoms with Gasteiger partial charge in [-0.15, -0.1) is 0 Å². The molecule has 5 heteroatoms. The third kappa shape index (κ3) is 5.27. The first-order valence-corrected chi connectivity index (χ1v) is 8.56. The molecule has 0 unspecified atom stereocenters. The van der Waals surface area contributed by atoms with Gasteiger partial charge in [-0.05, 0) is 60.3 Å². The first kappa shape index (κ1) is 18.9. The number of nitrogens with zero attached hydrogens (tertiary/aromatic N) is 1. The smallest absolute Gasteiger partial charge is 0.245 e. The SMILES string of the molecule is CCC(C)(C)N[C@H](C)C(=O)N[C@H](C)C(=O)N1CCCC[C@@H]1C. The van der Waals surface area contributed by atoms with E-state index < -0.39 is 6.04 Å². The summed E-state index contributed by atoms with van der Waals surface area (Å²) in [5, 5.41) is 6.15.